The van der Waals surface area contributed by atoms with Gasteiger partial charge in [-0.25, -0.2) is 4.85 Å². The molecule has 1 aliphatic rings. The number of aliphatic hydroxyl groups is 1. The highest BCUT2D eigenvalue weighted by atomic mass is 16.6. The average molecular weight is 249 g/mol. The Kier molecular flexibility index (Phi) is 4.53. The molecule has 2 rings (SSSR count). The fourth-order valence-electron chi connectivity index (χ4n) is 1.36. The number of nitrogens with zero attached hydrogens (tertiary/aromatic N) is 1. The Morgan fingerprint density at radius 2 is 2.11 bits per heavy atom. The topological polar surface area (TPSA) is 55.6 Å². The molecule has 1 saturated heterocycles. The molecule has 2 atom stereocenters. The minimum Gasteiger partial charge on any atom is -0.491 e. The van der Waals surface area contributed by atoms with Crippen LogP contribution in [0.3, 0.4) is 0 Å². The molecule has 2 unspecified atom stereocenters. The van der Waals surface area contributed by atoms with Crippen molar-refractivity contribution in [3.63, 3.8) is 0 Å². The zero-order valence-electron chi connectivity index (χ0n) is 9.91. The molecule has 0 bridgehead atoms. The number of ether oxygens (including phenoxy) is 3. The van der Waals surface area contributed by atoms with Gasteiger partial charge in [-0.05, 0) is 12.1 Å². The predicted octanol–water partition coefficient (Wildman–Crippen LogP) is 1.39. The van der Waals surface area contributed by atoms with Crippen molar-refractivity contribution in [3.8, 4) is 5.75 Å². The molecule has 5 heteroatoms. The first-order chi connectivity index (χ1) is 8.78. The summed E-state index contributed by atoms with van der Waals surface area (Å²) in [6.45, 7) is 8.50. The van der Waals surface area contributed by atoms with Crippen LogP contribution in [0.15, 0.2) is 24.3 Å². The van der Waals surface area contributed by atoms with Gasteiger partial charge in [0.2, 0.25) is 0 Å². The smallest absolute Gasteiger partial charge is 0.187 e. The van der Waals surface area contributed by atoms with Gasteiger partial charge in [-0.1, -0.05) is 12.1 Å². The van der Waals surface area contributed by atoms with E-state index in [1.165, 1.54) is 0 Å². The Morgan fingerprint density at radius 3 is 2.72 bits per heavy atom. The van der Waals surface area contributed by atoms with Crippen LogP contribution in [0.2, 0.25) is 0 Å². The summed E-state index contributed by atoms with van der Waals surface area (Å²) in [6, 6.07) is 6.77. The second kappa shape index (κ2) is 6.36. The van der Waals surface area contributed by atoms with E-state index >= 15 is 0 Å². The Bertz CT molecular complexity index is 408. The molecule has 96 valence electrons. The molecule has 1 fully saturated rings. The first-order valence-corrected chi connectivity index (χ1v) is 5.75. The fourth-order valence-corrected chi connectivity index (χ4v) is 1.36. The summed E-state index contributed by atoms with van der Waals surface area (Å²) >= 11 is 0. The third-order valence-corrected chi connectivity index (χ3v) is 2.42. The van der Waals surface area contributed by atoms with Gasteiger partial charge < -0.3 is 19.3 Å². The van der Waals surface area contributed by atoms with E-state index in [-0.39, 0.29) is 19.3 Å². The molecular weight excluding hydrogens is 234 g/mol. The molecule has 1 aromatic rings. The van der Waals surface area contributed by atoms with Crippen LogP contribution in [0.5, 0.6) is 5.75 Å². The standard InChI is InChI=1S/C13H15NO4/c1-14-10-2-4-12(5-3-10)17-7-11(15)6-16-8-13-9-18-13/h2-5,11,13,15H,6-9H2. The molecule has 18 heavy (non-hydrogen) atoms. The number of aliphatic hydroxyl groups excluding tert-OH is 1. The summed E-state index contributed by atoms with van der Waals surface area (Å²) in [6.07, 6.45) is -0.455. The highest BCUT2D eigenvalue weighted by Gasteiger charge is 2.22. The monoisotopic (exact) mass is 249 g/mol. The Balaban J connectivity index is 1.64. The third kappa shape index (κ3) is 4.34. The SMILES string of the molecule is [C-]#[N+]c1ccc(OCC(O)COCC2CO2)cc1. The maximum atomic E-state index is 9.61. The molecule has 0 amide bonds. The zero-order chi connectivity index (χ0) is 12.8. The fraction of sp³-hybridized carbons (Fsp3) is 0.462. The second-order valence-electron chi connectivity index (χ2n) is 4.06. The van der Waals surface area contributed by atoms with Gasteiger partial charge in [0.05, 0.1) is 26.4 Å². The van der Waals surface area contributed by atoms with Crippen molar-refractivity contribution >= 4 is 5.69 Å². The van der Waals surface area contributed by atoms with Crippen LogP contribution in [0.4, 0.5) is 5.69 Å². The summed E-state index contributed by atoms with van der Waals surface area (Å²) in [7, 11) is 0. The largest absolute Gasteiger partial charge is 0.491 e. The van der Waals surface area contributed by atoms with Crippen LogP contribution in [0.1, 0.15) is 0 Å². The molecule has 0 saturated carbocycles. The van der Waals surface area contributed by atoms with Crippen LogP contribution in [0, 0.1) is 6.57 Å². The predicted molar refractivity (Wildman–Crippen MR) is 64.8 cm³/mol. The molecule has 0 aliphatic carbocycles. The van der Waals surface area contributed by atoms with E-state index < -0.39 is 6.10 Å². The van der Waals surface area contributed by atoms with E-state index in [1.807, 2.05) is 0 Å². The van der Waals surface area contributed by atoms with Crippen LogP contribution in [-0.2, 0) is 9.47 Å². The number of epoxide rings is 1. The summed E-state index contributed by atoms with van der Waals surface area (Å²) in [5.74, 6) is 0.631. The highest BCUT2D eigenvalue weighted by Crippen LogP contribution is 2.17. The van der Waals surface area contributed by atoms with Crippen LogP contribution >= 0.6 is 0 Å². The molecular formula is C13H15NO4. The molecule has 1 heterocycles. The second-order valence-corrected chi connectivity index (χ2v) is 4.06. The summed E-state index contributed by atoms with van der Waals surface area (Å²) in [4.78, 5) is 3.28. The minimum atomic E-state index is -0.663. The Labute approximate surface area is 106 Å². The van der Waals surface area contributed by atoms with Gasteiger partial charge in [0, 0.05) is 0 Å². The first-order valence-electron chi connectivity index (χ1n) is 5.75. The first kappa shape index (κ1) is 12.8. The van der Waals surface area contributed by atoms with E-state index in [1.54, 1.807) is 24.3 Å². The number of hydrogen-bond acceptors (Lipinski definition) is 4. The van der Waals surface area contributed by atoms with E-state index in [4.69, 9.17) is 20.8 Å². The van der Waals surface area contributed by atoms with Gasteiger partial charge in [-0.15, -0.1) is 0 Å². The molecule has 0 aromatic heterocycles. The van der Waals surface area contributed by atoms with E-state index in [9.17, 15) is 5.11 Å². The lowest BCUT2D eigenvalue weighted by molar-refractivity contribution is 0.00761. The third-order valence-electron chi connectivity index (χ3n) is 2.42. The lowest BCUT2D eigenvalue weighted by atomic mass is 10.3. The van der Waals surface area contributed by atoms with Crippen molar-refractivity contribution in [2.24, 2.45) is 0 Å². The highest BCUT2D eigenvalue weighted by molar-refractivity contribution is 5.46. The lowest BCUT2D eigenvalue weighted by Gasteiger charge is -2.12. The van der Waals surface area contributed by atoms with E-state index in [2.05, 4.69) is 4.85 Å². The maximum absolute atomic E-state index is 9.61. The van der Waals surface area contributed by atoms with Crippen molar-refractivity contribution in [1.29, 1.82) is 0 Å². The normalized spacial score (nSPS) is 19.0. The minimum absolute atomic E-state index is 0.170. The van der Waals surface area contributed by atoms with Crippen molar-refractivity contribution < 1.29 is 19.3 Å². The molecule has 5 nitrogen and oxygen atoms in total. The van der Waals surface area contributed by atoms with E-state index in [0.29, 0.717) is 18.0 Å². The van der Waals surface area contributed by atoms with E-state index in [0.717, 1.165) is 6.61 Å². The Morgan fingerprint density at radius 1 is 1.39 bits per heavy atom. The summed E-state index contributed by atoms with van der Waals surface area (Å²) < 4.78 is 15.6. The lowest BCUT2D eigenvalue weighted by Crippen LogP contribution is -2.24. The van der Waals surface area contributed by atoms with Crippen molar-refractivity contribution in [2.75, 3.05) is 26.4 Å². The van der Waals surface area contributed by atoms with Crippen LogP contribution in [-0.4, -0.2) is 43.7 Å². The average Bonchev–Trinajstić information content (AvgIpc) is 3.21. The molecule has 1 N–H and O–H groups in total. The van der Waals surface area contributed by atoms with Gasteiger partial charge in [0.1, 0.15) is 24.6 Å². The van der Waals surface area contributed by atoms with Gasteiger partial charge in [0.15, 0.2) is 5.69 Å². The maximum Gasteiger partial charge on any atom is 0.187 e. The van der Waals surface area contributed by atoms with Gasteiger partial charge in [0.25, 0.3) is 0 Å². The summed E-state index contributed by atoms with van der Waals surface area (Å²) in [5.41, 5.74) is 0.565. The van der Waals surface area contributed by atoms with Gasteiger partial charge in [-0.3, -0.25) is 0 Å². The molecule has 0 radical (unpaired) electrons. The van der Waals surface area contributed by atoms with Crippen molar-refractivity contribution in [3.05, 3.63) is 35.7 Å². The quantitative estimate of drug-likeness (QED) is 0.586. The van der Waals surface area contributed by atoms with Crippen LogP contribution in [0.25, 0.3) is 4.85 Å². The molecule has 1 aromatic carbocycles. The van der Waals surface area contributed by atoms with Crippen molar-refractivity contribution in [1.82, 2.24) is 0 Å². The number of benzene rings is 1. The zero-order valence-corrected chi connectivity index (χ0v) is 9.91. The molecule has 0 spiro atoms. The van der Waals surface area contributed by atoms with Crippen molar-refractivity contribution in [2.45, 2.75) is 12.2 Å². The Hall–Kier alpha value is -1.61. The molecule has 1 aliphatic heterocycles. The number of rotatable bonds is 7. The van der Waals surface area contributed by atoms with Gasteiger partial charge >= 0.3 is 0 Å². The summed E-state index contributed by atoms with van der Waals surface area (Å²) in [5, 5.41) is 9.61. The van der Waals surface area contributed by atoms with Crippen LogP contribution < -0.4 is 4.74 Å². The van der Waals surface area contributed by atoms with Gasteiger partial charge in [-0.2, -0.15) is 0 Å². The number of hydrogen-bond donors (Lipinski definition) is 1.